The molecule has 0 bridgehead atoms. The van der Waals surface area contributed by atoms with Gasteiger partial charge in [-0.3, -0.25) is 4.79 Å². The van der Waals surface area contributed by atoms with Crippen LogP contribution in [0.2, 0.25) is 10.0 Å². The zero-order valence-electron chi connectivity index (χ0n) is 19.0. The van der Waals surface area contributed by atoms with Crippen molar-refractivity contribution in [1.29, 1.82) is 0 Å². The normalized spacial score (nSPS) is 11.1. The summed E-state index contributed by atoms with van der Waals surface area (Å²) in [4.78, 5) is 19.3. The highest BCUT2D eigenvalue weighted by Gasteiger charge is 2.22. The van der Waals surface area contributed by atoms with Gasteiger partial charge in [0, 0.05) is 26.7 Å². The number of rotatable bonds is 4. The van der Waals surface area contributed by atoms with Crippen molar-refractivity contribution in [2.75, 3.05) is 11.1 Å². The maximum atomic E-state index is 13.4. The molecule has 0 aliphatic rings. The number of nitrogens with zero attached hydrogens (tertiary/aromatic N) is 1. The molecular formula is C28H21Cl2N3OS. The third-order valence-corrected chi connectivity index (χ3v) is 7.52. The van der Waals surface area contributed by atoms with Crippen LogP contribution < -0.4 is 11.1 Å². The lowest BCUT2D eigenvalue weighted by Gasteiger charge is -2.11. The maximum Gasteiger partial charge on any atom is 0.267 e. The molecule has 0 atom stereocenters. The number of fused-ring (bicyclic) bond motifs is 1. The van der Waals surface area contributed by atoms with Gasteiger partial charge in [0.05, 0.1) is 11.4 Å². The van der Waals surface area contributed by atoms with Gasteiger partial charge < -0.3 is 11.1 Å². The van der Waals surface area contributed by atoms with E-state index in [0.29, 0.717) is 25.4 Å². The first-order chi connectivity index (χ1) is 16.8. The molecule has 0 saturated carbocycles. The van der Waals surface area contributed by atoms with Gasteiger partial charge in [0.25, 0.3) is 5.91 Å². The lowest BCUT2D eigenvalue weighted by molar-refractivity contribution is 0.103. The van der Waals surface area contributed by atoms with Gasteiger partial charge in [-0.2, -0.15) is 0 Å². The summed E-state index contributed by atoms with van der Waals surface area (Å²) in [6.07, 6.45) is 0. The highest BCUT2D eigenvalue weighted by molar-refractivity contribution is 7.21. The summed E-state index contributed by atoms with van der Waals surface area (Å²) in [6, 6.07) is 23.0. The van der Waals surface area contributed by atoms with Crippen molar-refractivity contribution >= 4 is 62.0 Å². The third-order valence-electron chi connectivity index (χ3n) is 5.92. The number of amides is 1. The Hall–Kier alpha value is -3.38. The molecule has 0 unspecified atom stereocenters. The second-order valence-electron chi connectivity index (χ2n) is 8.31. The summed E-state index contributed by atoms with van der Waals surface area (Å²) in [5.41, 5.74) is 13.3. The third kappa shape index (κ3) is 4.50. The van der Waals surface area contributed by atoms with E-state index >= 15 is 0 Å². The van der Waals surface area contributed by atoms with E-state index < -0.39 is 0 Å². The Bertz CT molecular complexity index is 1560. The van der Waals surface area contributed by atoms with Gasteiger partial charge in [0.15, 0.2) is 0 Å². The molecule has 4 nitrogen and oxygen atoms in total. The number of pyridine rings is 1. The van der Waals surface area contributed by atoms with E-state index in [0.717, 1.165) is 44.6 Å². The van der Waals surface area contributed by atoms with E-state index in [1.54, 1.807) is 0 Å². The van der Waals surface area contributed by atoms with Crippen LogP contribution in [0.1, 0.15) is 20.8 Å². The minimum Gasteiger partial charge on any atom is -0.397 e. The SMILES string of the molecule is Cc1cccc(C)c1NC(=O)c1sc2nc(-c3ccc(Cl)cc3)cc(-c3ccc(Cl)cc3)c2c1N. The van der Waals surface area contributed by atoms with Crippen LogP contribution in [0.3, 0.4) is 0 Å². The van der Waals surface area contributed by atoms with Crippen molar-refractivity contribution in [2.24, 2.45) is 0 Å². The van der Waals surface area contributed by atoms with Crippen molar-refractivity contribution in [1.82, 2.24) is 4.98 Å². The first-order valence-corrected chi connectivity index (χ1v) is 12.5. The molecule has 3 N–H and O–H groups in total. The van der Waals surface area contributed by atoms with E-state index in [4.69, 9.17) is 33.9 Å². The molecule has 35 heavy (non-hydrogen) atoms. The fourth-order valence-electron chi connectivity index (χ4n) is 4.10. The molecule has 1 amide bonds. The predicted molar refractivity (Wildman–Crippen MR) is 149 cm³/mol. The van der Waals surface area contributed by atoms with E-state index in [9.17, 15) is 4.79 Å². The quantitative estimate of drug-likeness (QED) is 0.251. The number of para-hydroxylation sites is 1. The standard InChI is InChI=1S/C28H21Cl2N3OS/c1-15-4-3-5-16(2)25(15)33-27(34)26-24(31)23-21(17-6-10-19(29)11-7-17)14-22(32-28(23)35-26)18-8-12-20(30)13-9-18/h3-14H,31H2,1-2H3,(H,33,34). The highest BCUT2D eigenvalue weighted by atomic mass is 35.5. The van der Waals surface area contributed by atoms with Gasteiger partial charge in [-0.05, 0) is 66.4 Å². The number of thiophene rings is 1. The zero-order chi connectivity index (χ0) is 24.7. The zero-order valence-corrected chi connectivity index (χ0v) is 21.4. The average Bonchev–Trinajstić information content (AvgIpc) is 3.18. The highest BCUT2D eigenvalue weighted by Crippen LogP contribution is 2.42. The second kappa shape index (κ2) is 9.34. The van der Waals surface area contributed by atoms with Gasteiger partial charge >= 0.3 is 0 Å². The number of benzene rings is 3. The number of carbonyl (C=O) groups excluding carboxylic acids is 1. The number of anilines is 2. The monoisotopic (exact) mass is 517 g/mol. The van der Waals surface area contributed by atoms with Crippen molar-refractivity contribution in [3.8, 4) is 22.4 Å². The molecule has 0 spiro atoms. The molecule has 7 heteroatoms. The van der Waals surface area contributed by atoms with Gasteiger partial charge in [0.1, 0.15) is 9.71 Å². The molecule has 0 aliphatic carbocycles. The van der Waals surface area contributed by atoms with Crippen LogP contribution in [0.5, 0.6) is 0 Å². The van der Waals surface area contributed by atoms with Crippen molar-refractivity contribution in [2.45, 2.75) is 13.8 Å². The number of nitrogens with one attached hydrogen (secondary N) is 1. The fourth-order valence-corrected chi connectivity index (χ4v) is 5.36. The molecule has 174 valence electrons. The van der Waals surface area contributed by atoms with Gasteiger partial charge in [-0.1, -0.05) is 65.7 Å². The molecule has 0 saturated heterocycles. The molecular weight excluding hydrogens is 497 g/mol. The maximum absolute atomic E-state index is 13.4. The molecule has 0 radical (unpaired) electrons. The van der Waals surface area contributed by atoms with E-state index in [2.05, 4.69) is 5.32 Å². The fraction of sp³-hybridized carbons (Fsp3) is 0.0714. The Morgan fingerprint density at radius 3 is 2.06 bits per heavy atom. The lowest BCUT2D eigenvalue weighted by atomic mass is 9.99. The topological polar surface area (TPSA) is 68.0 Å². The molecule has 3 aromatic carbocycles. The van der Waals surface area contributed by atoms with Crippen molar-refractivity contribution in [3.63, 3.8) is 0 Å². The van der Waals surface area contributed by atoms with E-state index in [1.165, 1.54) is 11.3 Å². The molecule has 0 aliphatic heterocycles. The summed E-state index contributed by atoms with van der Waals surface area (Å²) in [6.45, 7) is 3.94. The lowest BCUT2D eigenvalue weighted by Crippen LogP contribution is -2.13. The van der Waals surface area contributed by atoms with E-state index in [-0.39, 0.29) is 5.91 Å². The minimum absolute atomic E-state index is 0.252. The van der Waals surface area contributed by atoms with Crippen LogP contribution in [0.15, 0.2) is 72.8 Å². The first kappa shape index (κ1) is 23.4. The minimum atomic E-state index is -0.252. The Labute approximate surface area is 217 Å². The Balaban J connectivity index is 1.68. The van der Waals surface area contributed by atoms with Gasteiger partial charge in [0.2, 0.25) is 0 Å². The number of hydrogen-bond acceptors (Lipinski definition) is 4. The predicted octanol–water partition coefficient (Wildman–Crippen LogP) is 8.39. The molecule has 0 fully saturated rings. The van der Waals surface area contributed by atoms with Gasteiger partial charge in [-0.15, -0.1) is 11.3 Å². The Morgan fingerprint density at radius 1 is 0.886 bits per heavy atom. The largest absolute Gasteiger partial charge is 0.397 e. The average molecular weight is 518 g/mol. The summed E-state index contributed by atoms with van der Waals surface area (Å²) in [7, 11) is 0. The van der Waals surface area contributed by atoms with Crippen LogP contribution in [-0.4, -0.2) is 10.9 Å². The summed E-state index contributed by atoms with van der Waals surface area (Å²) < 4.78 is 0. The smallest absolute Gasteiger partial charge is 0.267 e. The second-order valence-corrected chi connectivity index (χ2v) is 10.2. The Morgan fingerprint density at radius 2 is 1.46 bits per heavy atom. The number of aromatic nitrogens is 1. The van der Waals surface area contributed by atoms with Crippen LogP contribution >= 0.6 is 34.5 Å². The van der Waals surface area contributed by atoms with Crippen molar-refractivity contribution in [3.05, 3.63) is 98.8 Å². The summed E-state index contributed by atoms with van der Waals surface area (Å²) in [5.74, 6) is -0.252. The van der Waals surface area contributed by atoms with E-state index in [1.807, 2.05) is 86.6 Å². The molecule has 5 aromatic rings. The molecule has 5 rings (SSSR count). The van der Waals surface area contributed by atoms with Crippen molar-refractivity contribution < 1.29 is 4.79 Å². The number of nitrogens with two attached hydrogens (primary N) is 1. The number of hydrogen-bond donors (Lipinski definition) is 2. The number of aryl methyl sites for hydroxylation is 2. The van der Waals surface area contributed by atoms with Crippen LogP contribution in [-0.2, 0) is 0 Å². The summed E-state index contributed by atoms with van der Waals surface area (Å²) >= 11 is 13.5. The van der Waals surface area contributed by atoms with Crippen LogP contribution in [0.4, 0.5) is 11.4 Å². The summed E-state index contributed by atoms with van der Waals surface area (Å²) in [5, 5.41) is 5.09. The molecule has 2 aromatic heterocycles. The number of nitrogen functional groups attached to an aromatic ring is 1. The molecule has 2 heterocycles. The van der Waals surface area contributed by atoms with Gasteiger partial charge in [-0.25, -0.2) is 4.98 Å². The van der Waals surface area contributed by atoms with Crippen LogP contribution in [0, 0.1) is 13.8 Å². The van der Waals surface area contributed by atoms with Crippen LogP contribution in [0.25, 0.3) is 32.6 Å². The first-order valence-electron chi connectivity index (χ1n) is 10.9. The Kier molecular flexibility index (Phi) is 6.24. The number of halogens is 2. The number of carbonyl (C=O) groups is 1.